The summed E-state index contributed by atoms with van der Waals surface area (Å²) in [7, 11) is 0. The second-order valence-electron chi connectivity index (χ2n) is 4.95. The number of rotatable bonds is 3. The zero-order valence-corrected chi connectivity index (χ0v) is 7.64. The smallest absolute Gasteiger partial charge is 0.0201 e. The largest absolute Gasteiger partial charge is 0.0651 e. The van der Waals surface area contributed by atoms with E-state index in [2.05, 4.69) is 13.8 Å². The molecule has 0 radical (unpaired) electrons. The summed E-state index contributed by atoms with van der Waals surface area (Å²) >= 11 is 0. The van der Waals surface area contributed by atoms with Crippen LogP contribution in [0.15, 0.2) is 0 Å². The fourth-order valence-corrected chi connectivity index (χ4v) is 3.74. The minimum atomic E-state index is 0.997. The summed E-state index contributed by atoms with van der Waals surface area (Å²) < 4.78 is 0. The molecule has 3 aliphatic carbocycles. The maximum Gasteiger partial charge on any atom is -0.0201 e. The van der Waals surface area contributed by atoms with Crippen LogP contribution in [-0.2, 0) is 0 Å². The van der Waals surface area contributed by atoms with E-state index in [-0.39, 0.29) is 0 Å². The van der Waals surface area contributed by atoms with Crippen molar-refractivity contribution in [2.75, 3.05) is 0 Å². The zero-order valence-electron chi connectivity index (χ0n) is 7.64. The van der Waals surface area contributed by atoms with Gasteiger partial charge in [-0.3, -0.25) is 0 Å². The van der Waals surface area contributed by atoms with Crippen LogP contribution in [0.3, 0.4) is 0 Å². The first-order chi connectivity index (χ1) is 5.34. The van der Waals surface area contributed by atoms with Gasteiger partial charge in [-0.15, -0.1) is 0 Å². The van der Waals surface area contributed by atoms with Crippen molar-refractivity contribution in [2.24, 2.45) is 29.1 Å². The third kappa shape index (κ3) is 0.588. The molecule has 11 heavy (non-hydrogen) atoms. The van der Waals surface area contributed by atoms with Gasteiger partial charge < -0.3 is 0 Å². The van der Waals surface area contributed by atoms with Gasteiger partial charge in [0.25, 0.3) is 0 Å². The van der Waals surface area contributed by atoms with Gasteiger partial charge >= 0.3 is 0 Å². The molecule has 0 saturated heterocycles. The van der Waals surface area contributed by atoms with E-state index in [9.17, 15) is 0 Å². The van der Waals surface area contributed by atoms with Gasteiger partial charge in [0, 0.05) is 0 Å². The average Bonchev–Trinajstić information content (AvgIpc) is 2.86. The Morgan fingerprint density at radius 2 is 1.91 bits per heavy atom. The van der Waals surface area contributed by atoms with E-state index in [0.29, 0.717) is 0 Å². The van der Waals surface area contributed by atoms with Crippen molar-refractivity contribution in [1.29, 1.82) is 0 Å². The topological polar surface area (TPSA) is 0 Å². The van der Waals surface area contributed by atoms with Crippen molar-refractivity contribution >= 4 is 0 Å². The van der Waals surface area contributed by atoms with Crippen molar-refractivity contribution in [3.63, 3.8) is 0 Å². The lowest BCUT2D eigenvalue weighted by Gasteiger charge is -2.12. The van der Waals surface area contributed by atoms with Crippen LogP contribution in [0.25, 0.3) is 0 Å². The van der Waals surface area contributed by atoms with Gasteiger partial charge in [-0.25, -0.2) is 0 Å². The molecule has 3 fully saturated rings. The molecule has 0 heterocycles. The van der Waals surface area contributed by atoms with Crippen LogP contribution in [0.1, 0.15) is 39.5 Å². The molecule has 3 unspecified atom stereocenters. The highest BCUT2D eigenvalue weighted by Crippen LogP contribution is 2.92. The first kappa shape index (κ1) is 6.51. The molecule has 0 bridgehead atoms. The zero-order chi connectivity index (χ0) is 7.64. The molecule has 1 spiro atoms. The first-order valence-electron chi connectivity index (χ1n) is 5.34. The van der Waals surface area contributed by atoms with E-state index in [4.69, 9.17) is 0 Å². The number of fused-ring (bicyclic) bond motifs is 3. The Bertz CT molecular complexity index is 182. The van der Waals surface area contributed by atoms with Crippen molar-refractivity contribution in [1.82, 2.24) is 0 Å². The molecule has 3 rings (SSSR count). The average molecular weight is 150 g/mol. The Balaban J connectivity index is 1.65. The lowest BCUT2D eigenvalue weighted by atomic mass is 9.93. The van der Waals surface area contributed by atoms with E-state index in [1.807, 2.05) is 0 Å². The van der Waals surface area contributed by atoms with Crippen LogP contribution in [-0.4, -0.2) is 0 Å². The van der Waals surface area contributed by atoms with Gasteiger partial charge in [-0.2, -0.15) is 0 Å². The van der Waals surface area contributed by atoms with Crippen molar-refractivity contribution in [3.8, 4) is 0 Å². The van der Waals surface area contributed by atoms with E-state index < -0.39 is 0 Å². The van der Waals surface area contributed by atoms with Crippen LogP contribution in [0, 0.1) is 29.1 Å². The van der Waals surface area contributed by atoms with Crippen LogP contribution >= 0.6 is 0 Å². The molecular formula is C11H18. The molecule has 0 aromatic rings. The normalized spacial score (nSPS) is 56.5. The highest BCUT2D eigenvalue weighted by atomic mass is 14.9. The highest BCUT2D eigenvalue weighted by Gasteiger charge is 2.86. The van der Waals surface area contributed by atoms with Crippen molar-refractivity contribution < 1.29 is 0 Å². The monoisotopic (exact) mass is 150 g/mol. The third-order valence-electron chi connectivity index (χ3n) is 4.78. The first-order valence-corrected chi connectivity index (χ1v) is 5.34. The van der Waals surface area contributed by atoms with Crippen molar-refractivity contribution in [3.05, 3.63) is 0 Å². The summed E-state index contributed by atoms with van der Waals surface area (Å²) in [5.74, 6) is 4.75. The van der Waals surface area contributed by atoms with Crippen molar-refractivity contribution in [2.45, 2.75) is 39.5 Å². The minimum absolute atomic E-state index is 0.997. The summed E-state index contributed by atoms with van der Waals surface area (Å²) in [6.07, 6.45) is 6.09. The Kier molecular flexibility index (Phi) is 0.990. The Labute approximate surface area is 69.4 Å². The van der Waals surface area contributed by atoms with Gasteiger partial charge in [0.15, 0.2) is 0 Å². The standard InChI is InChI=1S/C11H18/c1-3-7(4-2)10-6-11(10)8-5-9(8)11/h7-10H,3-6H2,1-2H3. The fraction of sp³-hybridized carbons (Fsp3) is 1.00. The maximum atomic E-state index is 2.37. The SMILES string of the molecule is CCC(CC)C1CC12C1CC12. The van der Waals surface area contributed by atoms with Crippen LogP contribution < -0.4 is 0 Å². The Hall–Kier alpha value is 0. The van der Waals surface area contributed by atoms with Crippen LogP contribution in [0.4, 0.5) is 0 Å². The molecule has 0 N–H and O–H groups in total. The van der Waals surface area contributed by atoms with Gasteiger partial charge in [-0.05, 0) is 41.9 Å². The van der Waals surface area contributed by atoms with E-state index in [1.54, 1.807) is 12.8 Å². The Morgan fingerprint density at radius 3 is 2.18 bits per heavy atom. The molecule has 0 heteroatoms. The fourth-order valence-electron chi connectivity index (χ4n) is 3.74. The molecular weight excluding hydrogens is 132 g/mol. The van der Waals surface area contributed by atoms with E-state index in [0.717, 1.165) is 11.3 Å². The highest BCUT2D eigenvalue weighted by molar-refractivity contribution is 5.34. The second-order valence-corrected chi connectivity index (χ2v) is 4.95. The molecule has 0 aliphatic heterocycles. The predicted molar refractivity (Wildman–Crippen MR) is 46.2 cm³/mol. The second kappa shape index (κ2) is 1.67. The summed E-state index contributed by atoms with van der Waals surface area (Å²) in [5, 5.41) is 0. The molecule has 3 aliphatic rings. The van der Waals surface area contributed by atoms with E-state index >= 15 is 0 Å². The lowest BCUT2D eigenvalue weighted by Crippen LogP contribution is -2.04. The number of hydrogen-bond acceptors (Lipinski definition) is 0. The summed E-state index contributed by atoms with van der Waals surface area (Å²) in [6.45, 7) is 4.74. The van der Waals surface area contributed by atoms with Gasteiger partial charge in [0.2, 0.25) is 0 Å². The minimum Gasteiger partial charge on any atom is -0.0651 e. The molecule has 3 saturated carbocycles. The third-order valence-corrected chi connectivity index (χ3v) is 4.78. The van der Waals surface area contributed by atoms with Gasteiger partial charge in [0.1, 0.15) is 0 Å². The molecule has 0 amide bonds. The van der Waals surface area contributed by atoms with Gasteiger partial charge in [-0.1, -0.05) is 26.7 Å². The molecule has 0 aromatic carbocycles. The van der Waals surface area contributed by atoms with E-state index in [1.165, 1.54) is 30.6 Å². The van der Waals surface area contributed by atoms with Gasteiger partial charge in [0.05, 0.1) is 0 Å². The molecule has 0 nitrogen and oxygen atoms in total. The summed E-state index contributed by atoms with van der Waals surface area (Å²) in [6, 6.07) is 0. The van der Waals surface area contributed by atoms with Crippen LogP contribution in [0.5, 0.6) is 0 Å². The summed E-state index contributed by atoms with van der Waals surface area (Å²) in [5.41, 5.74) is 0.997. The molecule has 0 aromatic heterocycles. The number of hydrogen-bond donors (Lipinski definition) is 0. The predicted octanol–water partition coefficient (Wildman–Crippen LogP) is 3.08. The quantitative estimate of drug-likeness (QED) is 0.580. The maximum absolute atomic E-state index is 2.37. The summed E-state index contributed by atoms with van der Waals surface area (Å²) in [4.78, 5) is 0. The molecule has 62 valence electrons. The van der Waals surface area contributed by atoms with Crippen LogP contribution in [0.2, 0.25) is 0 Å². The Morgan fingerprint density at radius 1 is 1.27 bits per heavy atom. The lowest BCUT2D eigenvalue weighted by molar-refractivity contribution is 0.371. The molecule has 3 atom stereocenters.